The highest BCUT2D eigenvalue weighted by atomic mass is 16.4. The Bertz CT molecular complexity index is 325. The van der Waals surface area contributed by atoms with Gasteiger partial charge in [-0.05, 0) is 24.3 Å². The molecule has 0 aromatic carbocycles. The summed E-state index contributed by atoms with van der Waals surface area (Å²) in [6.45, 7) is 0. The predicted octanol–water partition coefficient (Wildman–Crippen LogP) is 1.14. The van der Waals surface area contributed by atoms with Crippen molar-refractivity contribution < 1.29 is 9.90 Å². The number of carboxylic acid groups (broad SMARTS) is 1. The molecule has 1 aromatic rings. The predicted molar refractivity (Wildman–Crippen MR) is 40.1 cm³/mol. The van der Waals surface area contributed by atoms with Gasteiger partial charge in [-0.2, -0.15) is 0 Å². The van der Waals surface area contributed by atoms with Gasteiger partial charge >= 0.3 is 5.97 Å². The third-order valence-corrected chi connectivity index (χ3v) is 1.81. The van der Waals surface area contributed by atoms with Gasteiger partial charge in [-0.1, -0.05) is 0 Å². The van der Waals surface area contributed by atoms with Crippen LogP contribution >= 0.6 is 0 Å². The lowest BCUT2D eigenvalue weighted by atomic mass is 10.3. The highest BCUT2D eigenvalue weighted by Crippen LogP contribution is 2.22. The summed E-state index contributed by atoms with van der Waals surface area (Å²) in [6.07, 6.45) is 5.27. The minimum Gasteiger partial charge on any atom is -0.479 e. The van der Waals surface area contributed by atoms with Crippen molar-refractivity contribution in [1.29, 1.82) is 0 Å². The van der Waals surface area contributed by atoms with Crippen LogP contribution in [0.5, 0.6) is 0 Å². The average molecular weight is 149 g/mol. The Morgan fingerprint density at radius 1 is 1.64 bits per heavy atom. The first-order valence-electron chi connectivity index (χ1n) is 3.37. The summed E-state index contributed by atoms with van der Waals surface area (Å²) in [5.74, 6) is -0.809. The Labute approximate surface area is 63.6 Å². The van der Waals surface area contributed by atoms with E-state index in [1.54, 1.807) is 16.8 Å². The van der Waals surface area contributed by atoms with Gasteiger partial charge in [-0.3, -0.25) is 0 Å². The van der Waals surface area contributed by atoms with E-state index in [1.165, 1.54) is 0 Å². The van der Waals surface area contributed by atoms with Crippen LogP contribution in [0.1, 0.15) is 11.7 Å². The number of nitrogens with zero attached hydrogens (tertiary/aromatic N) is 1. The number of hydrogen-bond donors (Lipinski definition) is 1. The van der Waals surface area contributed by atoms with Gasteiger partial charge < -0.3 is 9.67 Å². The molecule has 2 rings (SSSR count). The van der Waals surface area contributed by atoms with Crippen LogP contribution in [0.3, 0.4) is 0 Å². The zero-order valence-electron chi connectivity index (χ0n) is 5.77. The van der Waals surface area contributed by atoms with Crippen molar-refractivity contribution in [2.24, 2.45) is 0 Å². The maximum Gasteiger partial charge on any atom is 0.330 e. The Hall–Kier alpha value is -1.51. The third-order valence-electron chi connectivity index (χ3n) is 1.81. The first kappa shape index (κ1) is 6.22. The molecule has 0 fully saturated rings. The Kier molecular flexibility index (Phi) is 1.12. The van der Waals surface area contributed by atoms with Crippen LogP contribution in [0.4, 0.5) is 0 Å². The van der Waals surface area contributed by atoms with E-state index in [0.717, 1.165) is 5.69 Å². The zero-order chi connectivity index (χ0) is 7.84. The largest absolute Gasteiger partial charge is 0.479 e. The fourth-order valence-corrected chi connectivity index (χ4v) is 1.29. The smallest absolute Gasteiger partial charge is 0.330 e. The van der Waals surface area contributed by atoms with Gasteiger partial charge in [0.15, 0.2) is 0 Å². The number of carboxylic acids is 1. The lowest BCUT2D eigenvalue weighted by Crippen LogP contribution is -2.13. The van der Waals surface area contributed by atoms with E-state index in [9.17, 15) is 4.79 Å². The second-order valence-corrected chi connectivity index (χ2v) is 2.48. The van der Waals surface area contributed by atoms with E-state index < -0.39 is 12.0 Å². The first-order chi connectivity index (χ1) is 5.29. The molecule has 1 aliphatic rings. The molecule has 0 unspecified atom stereocenters. The van der Waals surface area contributed by atoms with E-state index in [4.69, 9.17) is 5.11 Å². The van der Waals surface area contributed by atoms with Crippen molar-refractivity contribution >= 4 is 12.0 Å². The molecule has 1 atom stereocenters. The molecule has 0 saturated heterocycles. The number of carbonyl (C=O) groups is 1. The van der Waals surface area contributed by atoms with Crippen molar-refractivity contribution in [3.05, 3.63) is 30.1 Å². The van der Waals surface area contributed by atoms with Crippen LogP contribution < -0.4 is 0 Å². The fraction of sp³-hybridized carbons (Fsp3) is 0.125. The minimum absolute atomic E-state index is 0.500. The summed E-state index contributed by atoms with van der Waals surface area (Å²) < 4.78 is 1.72. The van der Waals surface area contributed by atoms with Gasteiger partial charge in [0.1, 0.15) is 6.04 Å². The summed E-state index contributed by atoms with van der Waals surface area (Å²) >= 11 is 0. The quantitative estimate of drug-likeness (QED) is 0.650. The molecule has 0 aliphatic carbocycles. The molecule has 3 nitrogen and oxygen atoms in total. The van der Waals surface area contributed by atoms with Crippen LogP contribution in [0.2, 0.25) is 0 Å². The molecular formula is C8H7NO2. The van der Waals surface area contributed by atoms with Gasteiger partial charge in [-0.15, -0.1) is 0 Å². The van der Waals surface area contributed by atoms with Crippen molar-refractivity contribution in [2.75, 3.05) is 0 Å². The Balaban J connectivity index is 2.46. The van der Waals surface area contributed by atoms with Gasteiger partial charge in [0.25, 0.3) is 0 Å². The van der Waals surface area contributed by atoms with Crippen molar-refractivity contribution in [1.82, 2.24) is 4.57 Å². The second kappa shape index (κ2) is 1.99. The Morgan fingerprint density at radius 2 is 2.45 bits per heavy atom. The SMILES string of the molecule is O=C(O)[C@@H]1C=Cc2cccn21. The van der Waals surface area contributed by atoms with Crippen LogP contribution in [0.25, 0.3) is 6.08 Å². The number of aliphatic carboxylic acids is 1. The summed E-state index contributed by atoms with van der Waals surface area (Å²) in [6, 6.07) is 3.23. The van der Waals surface area contributed by atoms with E-state index in [-0.39, 0.29) is 0 Å². The van der Waals surface area contributed by atoms with Crippen molar-refractivity contribution in [3.63, 3.8) is 0 Å². The fourth-order valence-electron chi connectivity index (χ4n) is 1.29. The lowest BCUT2D eigenvalue weighted by Gasteiger charge is -2.05. The second-order valence-electron chi connectivity index (χ2n) is 2.48. The molecule has 1 aliphatic heterocycles. The van der Waals surface area contributed by atoms with Crippen LogP contribution in [0.15, 0.2) is 24.4 Å². The molecule has 3 heteroatoms. The normalized spacial score (nSPS) is 20.2. The highest BCUT2D eigenvalue weighted by Gasteiger charge is 2.21. The number of hydrogen-bond acceptors (Lipinski definition) is 1. The van der Waals surface area contributed by atoms with Crippen molar-refractivity contribution in [2.45, 2.75) is 6.04 Å². The average Bonchev–Trinajstić information content (AvgIpc) is 2.41. The van der Waals surface area contributed by atoms with E-state index in [1.807, 2.05) is 18.2 Å². The summed E-state index contributed by atoms with van der Waals surface area (Å²) in [5, 5.41) is 8.71. The summed E-state index contributed by atoms with van der Waals surface area (Å²) in [7, 11) is 0. The van der Waals surface area contributed by atoms with Crippen LogP contribution in [-0.4, -0.2) is 15.6 Å². The number of rotatable bonds is 1. The standard InChI is InChI=1S/C8H7NO2/c10-8(11)7-4-3-6-2-1-5-9(6)7/h1-5,7H,(H,10,11)/t7-/m0/s1. The molecule has 1 aromatic heterocycles. The van der Waals surface area contributed by atoms with E-state index in [0.29, 0.717) is 0 Å². The first-order valence-corrected chi connectivity index (χ1v) is 3.37. The summed E-state index contributed by atoms with van der Waals surface area (Å²) in [5.41, 5.74) is 0.956. The van der Waals surface area contributed by atoms with E-state index >= 15 is 0 Å². The van der Waals surface area contributed by atoms with Crippen LogP contribution in [-0.2, 0) is 4.79 Å². The minimum atomic E-state index is -0.809. The maximum absolute atomic E-state index is 10.6. The number of aromatic nitrogens is 1. The molecule has 56 valence electrons. The molecular weight excluding hydrogens is 142 g/mol. The molecule has 0 amide bonds. The topological polar surface area (TPSA) is 42.2 Å². The van der Waals surface area contributed by atoms with Crippen LogP contribution in [0, 0.1) is 0 Å². The van der Waals surface area contributed by atoms with E-state index in [2.05, 4.69) is 0 Å². The number of fused-ring (bicyclic) bond motifs is 1. The third kappa shape index (κ3) is 0.774. The van der Waals surface area contributed by atoms with Gasteiger partial charge in [-0.25, -0.2) is 4.79 Å². The molecule has 0 bridgehead atoms. The highest BCUT2D eigenvalue weighted by molar-refractivity contribution is 5.78. The molecule has 0 radical (unpaired) electrons. The molecule has 11 heavy (non-hydrogen) atoms. The van der Waals surface area contributed by atoms with Gasteiger partial charge in [0.05, 0.1) is 0 Å². The maximum atomic E-state index is 10.6. The molecule has 0 saturated carbocycles. The Morgan fingerprint density at radius 3 is 3.18 bits per heavy atom. The zero-order valence-corrected chi connectivity index (χ0v) is 5.77. The summed E-state index contributed by atoms with van der Waals surface area (Å²) in [4.78, 5) is 10.6. The van der Waals surface area contributed by atoms with Gasteiger partial charge in [0.2, 0.25) is 0 Å². The molecule has 1 N–H and O–H groups in total. The van der Waals surface area contributed by atoms with Gasteiger partial charge in [0, 0.05) is 11.9 Å². The molecule has 0 spiro atoms. The monoisotopic (exact) mass is 149 g/mol. The van der Waals surface area contributed by atoms with Crippen molar-refractivity contribution in [3.8, 4) is 0 Å². The lowest BCUT2D eigenvalue weighted by molar-refractivity contribution is -0.139. The molecule has 2 heterocycles.